The fourth-order valence-corrected chi connectivity index (χ4v) is 1.59. The van der Waals surface area contributed by atoms with Gasteiger partial charge in [0.25, 0.3) is 0 Å². The number of carbonyl (C=O) groups is 4. The van der Waals surface area contributed by atoms with Crippen LogP contribution in [0, 0.1) is 6.92 Å². The zero-order chi connectivity index (χ0) is 17.4. The summed E-state index contributed by atoms with van der Waals surface area (Å²) in [5, 5.41) is 0. The number of carbonyl (C=O) groups excluding carboxylic acids is 4. The van der Waals surface area contributed by atoms with Crippen molar-refractivity contribution in [2.24, 2.45) is 0 Å². The van der Waals surface area contributed by atoms with Crippen molar-refractivity contribution in [3.63, 3.8) is 0 Å². The Labute approximate surface area is 132 Å². The van der Waals surface area contributed by atoms with Crippen LogP contribution >= 0.6 is 0 Å². The predicted molar refractivity (Wildman–Crippen MR) is 79.4 cm³/mol. The van der Waals surface area contributed by atoms with Crippen molar-refractivity contribution in [3.8, 4) is 0 Å². The van der Waals surface area contributed by atoms with Gasteiger partial charge in [0.15, 0.2) is 5.69 Å². The van der Waals surface area contributed by atoms with Crippen molar-refractivity contribution in [1.29, 1.82) is 0 Å². The summed E-state index contributed by atoms with van der Waals surface area (Å²) in [6.45, 7) is 4.69. The van der Waals surface area contributed by atoms with Gasteiger partial charge in [-0.25, -0.2) is 24.2 Å². The minimum absolute atomic E-state index is 0.233. The molecule has 0 bridgehead atoms. The summed E-state index contributed by atoms with van der Waals surface area (Å²) < 4.78 is 9.13. The minimum atomic E-state index is -1.11. The van der Waals surface area contributed by atoms with E-state index in [1.807, 2.05) is 0 Å². The first-order chi connectivity index (χ1) is 10.9. The van der Waals surface area contributed by atoms with Crippen LogP contribution in [0.15, 0.2) is 36.6 Å². The molecule has 0 spiro atoms. The van der Waals surface area contributed by atoms with Gasteiger partial charge in [-0.2, -0.15) is 0 Å². The summed E-state index contributed by atoms with van der Waals surface area (Å²) in [6.07, 6.45) is 6.16. The van der Waals surface area contributed by atoms with Gasteiger partial charge in [0.05, 0.1) is 5.56 Å². The molecule has 0 radical (unpaired) electrons. The molecule has 0 atom stereocenters. The fraction of sp³-hybridized carbons (Fsp3) is 0.188. The highest BCUT2D eigenvalue weighted by atomic mass is 16.6. The van der Waals surface area contributed by atoms with Crippen LogP contribution in [0.25, 0.3) is 0 Å². The van der Waals surface area contributed by atoms with Gasteiger partial charge in [-0.1, -0.05) is 12.2 Å². The lowest BCUT2D eigenvalue weighted by Crippen LogP contribution is -2.20. The summed E-state index contributed by atoms with van der Waals surface area (Å²) in [7, 11) is 0. The van der Waals surface area contributed by atoms with E-state index < -0.39 is 29.6 Å². The third kappa shape index (κ3) is 4.99. The molecule has 1 heterocycles. The Bertz CT molecular complexity index is 703. The van der Waals surface area contributed by atoms with E-state index in [2.05, 4.69) is 14.5 Å². The summed E-state index contributed by atoms with van der Waals surface area (Å²) in [5.41, 5.74) is -0.284. The quantitative estimate of drug-likeness (QED) is 0.475. The van der Waals surface area contributed by atoms with Crippen molar-refractivity contribution >= 4 is 23.9 Å². The van der Waals surface area contributed by atoms with Crippen molar-refractivity contribution in [2.75, 3.05) is 0 Å². The molecular weight excluding hydrogens is 302 g/mol. The Morgan fingerprint density at radius 1 is 0.957 bits per heavy atom. The maximum Gasteiger partial charge on any atom is 0.365 e. The van der Waals surface area contributed by atoms with Crippen LogP contribution in [0.5, 0.6) is 0 Å². The highest BCUT2D eigenvalue weighted by molar-refractivity contribution is 6.09. The van der Waals surface area contributed by atoms with Gasteiger partial charge in [0.1, 0.15) is 0 Å². The van der Waals surface area contributed by atoms with Crippen LogP contribution in [0.1, 0.15) is 40.3 Å². The van der Waals surface area contributed by atoms with Crippen LogP contribution in [0.4, 0.5) is 0 Å². The van der Waals surface area contributed by atoms with Crippen molar-refractivity contribution < 1.29 is 28.7 Å². The number of esters is 4. The first-order valence-corrected chi connectivity index (χ1v) is 6.64. The van der Waals surface area contributed by atoms with Crippen LogP contribution in [-0.2, 0) is 19.1 Å². The number of ether oxygens (including phenoxy) is 2. The molecule has 7 nitrogen and oxygen atoms in total. The molecule has 1 aromatic rings. The largest absolute Gasteiger partial charge is 0.386 e. The van der Waals surface area contributed by atoms with Crippen LogP contribution in [-0.4, -0.2) is 28.9 Å². The maximum absolute atomic E-state index is 12.1. The normalized spacial score (nSPS) is 10.7. The third-order valence-electron chi connectivity index (χ3n) is 2.55. The lowest BCUT2D eigenvalue weighted by atomic mass is 10.1. The van der Waals surface area contributed by atoms with E-state index in [0.29, 0.717) is 5.56 Å². The molecule has 0 unspecified atom stereocenters. The Morgan fingerprint density at radius 2 is 1.48 bits per heavy atom. The number of nitrogens with zero attached hydrogens (tertiary/aromatic N) is 1. The molecule has 0 saturated heterocycles. The smallest absolute Gasteiger partial charge is 0.365 e. The van der Waals surface area contributed by atoms with E-state index in [9.17, 15) is 19.2 Å². The first-order valence-electron chi connectivity index (χ1n) is 6.64. The summed E-state index contributed by atoms with van der Waals surface area (Å²) in [5.74, 6) is -3.94. The average Bonchev–Trinajstić information content (AvgIpc) is 2.46. The average molecular weight is 317 g/mol. The SMILES string of the molecule is C/C=C/C(=O)OC(=O)c1nccc(C)c1C(=O)OC(=O)/C=C/C. The monoisotopic (exact) mass is 317 g/mol. The Morgan fingerprint density at radius 3 is 2.00 bits per heavy atom. The van der Waals surface area contributed by atoms with Gasteiger partial charge in [0, 0.05) is 18.3 Å². The van der Waals surface area contributed by atoms with Gasteiger partial charge in [-0.15, -0.1) is 0 Å². The molecule has 0 fully saturated rings. The number of hydrogen-bond acceptors (Lipinski definition) is 7. The van der Waals surface area contributed by atoms with E-state index in [-0.39, 0.29) is 5.56 Å². The van der Waals surface area contributed by atoms with Crippen molar-refractivity contribution in [2.45, 2.75) is 20.8 Å². The second kappa shape index (κ2) is 8.38. The van der Waals surface area contributed by atoms with E-state index in [1.165, 1.54) is 31.3 Å². The van der Waals surface area contributed by atoms with Crippen LogP contribution in [0.3, 0.4) is 0 Å². The molecule has 23 heavy (non-hydrogen) atoms. The van der Waals surface area contributed by atoms with Gasteiger partial charge >= 0.3 is 23.9 Å². The molecule has 0 N–H and O–H groups in total. The van der Waals surface area contributed by atoms with Crippen molar-refractivity contribution in [1.82, 2.24) is 4.98 Å². The van der Waals surface area contributed by atoms with E-state index >= 15 is 0 Å². The Balaban J connectivity index is 3.13. The van der Waals surface area contributed by atoms with Gasteiger partial charge < -0.3 is 9.47 Å². The molecular formula is C16H15NO6. The predicted octanol–water partition coefficient (Wildman–Crippen LogP) is 1.91. The molecule has 7 heteroatoms. The maximum atomic E-state index is 12.1. The fourth-order valence-electron chi connectivity index (χ4n) is 1.59. The molecule has 1 rings (SSSR count). The number of aromatic nitrogens is 1. The van der Waals surface area contributed by atoms with E-state index in [1.54, 1.807) is 13.8 Å². The molecule has 120 valence electrons. The minimum Gasteiger partial charge on any atom is -0.386 e. The molecule has 0 aliphatic heterocycles. The molecule has 1 aromatic heterocycles. The standard InChI is InChI=1S/C16H15NO6/c1-4-6-11(18)22-15(20)13-10(3)8-9-17-14(13)16(21)23-12(19)7-5-2/h4-9H,1-3H3/b6-4+,7-5+. The topological polar surface area (TPSA) is 99.6 Å². The highest BCUT2D eigenvalue weighted by Crippen LogP contribution is 2.15. The van der Waals surface area contributed by atoms with Gasteiger partial charge in [-0.05, 0) is 32.4 Å². The zero-order valence-electron chi connectivity index (χ0n) is 12.9. The van der Waals surface area contributed by atoms with Gasteiger partial charge in [-0.3, -0.25) is 0 Å². The second-order valence-electron chi connectivity index (χ2n) is 4.27. The van der Waals surface area contributed by atoms with Crippen molar-refractivity contribution in [3.05, 3.63) is 53.4 Å². The third-order valence-corrected chi connectivity index (χ3v) is 2.55. The number of hydrogen-bond donors (Lipinski definition) is 0. The molecule has 0 saturated carbocycles. The highest BCUT2D eigenvalue weighted by Gasteiger charge is 2.25. The lowest BCUT2D eigenvalue weighted by Gasteiger charge is -2.08. The summed E-state index contributed by atoms with van der Waals surface area (Å²) in [6, 6.07) is 1.46. The lowest BCUT2D eigenvalue weighted by molar-refractivity contribution is -0.133. The molecule has 0 aromatic carbocycles. The molecule has 0 amide bonds. The molecule has 0 aliphatic carbocycles. The van der Waals surface area contributed by atoms with E-state index in [4.69, 9.17) is 0 Å². The first kappa shape index (κ1) is 18.0. The van der Waals surface area contributed by atoms with Crippen LogP contribution < -0.4 is 0 Å². The Hall–Kier alpha value is -3.09. The number of pyridine rings is 1. The second-order valence-corrected chi connectivity index (χ2v) is 4.27. The Kier molecular flexibility index (Phi) is 6.54. The number of rotatable bonds is 4. The summed E-state index contributed by atoms with van der Waals surface area (Å²) >= 11 is 0. The number of allylic oxidation sites excluding steroid dienone is 2. The van der Waals surface area contributed by atoms with Gasteiger partial charge in [0.2, 0.25) is 0 Å². The zero-order valence-corrected chi connectivity index (χ0v) is 12.9. The summed E-state index contributed by atoms with van der Waals surface area (Å²) in [4.78, 5) is 50.5. The van der Waals surface area contributed by atoms with Crippen LogP contribution in [0.2, 0.25) is 0 Å². The number of aryl methyl sites for hydroxylation is 1. The van der Waals surface area contributed by atoms with E-state index in [0.717, 1.165) is 12.2 Å². The molecule has 0 aliphatic rings.